The number of carbonyl (C=O) groups excluding carboxylic acids is 1. The van der Waals surface area contributed by atoms with Crippen molar-refractivity contribution in [3.8, 4) is 5.88 Å². The summed E-state index contributed by atoms with van der Waals surface area (Å²) >= 11 is 12.8. The van der Waals surface area contributed by atoms with E-state index in [0.717, 1.165) is 11.5 Å². The molecule has 0 fully saturated rings. The number of aromatic nitrogens is 4. The number of fused-ring (bicyclic) bond motifs is 1. The molecule has 112 valence electrons. The molecule has 0 N–H and O–H groups in total. The molecule has 0 aliphatic rings. The second kappa shape index (κ2) is 5.99. The minimum atomic E-state index is -0.539. The third-order valence-electron chi connectivity index (χ3n) is 2.60. The van der Waals surface area contributed by atoms with Crippen molar-refractivity contribution < 1.29 is 9.53 Å². The Labute approximate surface area is 138 Å². The topological polar surface area (TPSA) is 81.7 Å². The molecule has 0 aromatic carbocycles. The minimum absolute atomic E-state index is 0.0868. The predicted octanol–water partition coefficient (Wildman–Crippen LogP) is 2.24. The molecule has 3 aromatic heterocycles. The summed E-state index contributed by atoms with van der Waals surface area (Å²) in [5.41, 5.74) is 0.200. The quantitative estimate of drug-likeness (QED) is 0.520. The number of hydrogen-bond donors (Lipinski definition) is 0. The van der Waals surface area contributed by atoms with Crippen LogP contribution in [0.25, 0.3) is 5.78 Å². The van der Waals surface area contributed by atoms with Crippen LogP contribution in [0.15, 0.2) is 29.4 Å². The highest BCUT2D eigenvalue weighted by Crippen LogP contribution is 2.18. The van der Waals surface area contributed by atoms with Gasteiger partial charge >= 0.3 is 0 Å². The van der Waals surface area contributed by atoms with Gasteiger partial charge in [0.2, 0.25) is 10.7 Å². The van der Waals surface area contributed by atoms with Crippen LogP contribution in [-0.4, -0.2) is 31.8 Å². The van der Waals surface area contributed by atoms with Gasteiger partial charge in [0.05, 0.1) is 12.7 Å². The largest absolute Gasteiger partial charge is 0.481 e. The zero-order chi connectivity index (χ0) is 15.7. The number of amides is 1. The van der Waals surface area contributed by atoms with Crippen LogP contribution in [0.2, 0.25) is 10.3 Å². The maximum atomic E-state index is 12.1. The molecule has 3 aromatic rings. The summed E-state index contributed by atoms with van der Waals surface area (Å²) in [6.07, 6.45) is 1.49. The number of methoxy groups -OCH3 is 1. The fraction of sp³-hybridized carbons (Fsp3) is 0.0833. The Kier molecular flexibility index (Phi) is 4.06. The van der Waals surface area contributed by atoms with Crippen LogP contribution in [0.1, 0.15) is 10.4 Å². The van der Waals surface area contributed by atoms with E-state index in [9.17, 15) is 4.79 Å². The monoisotopic (exact) mass is 355 g/mol. The smallest absolute Gasteiger partial charge is 0.282 e. The zero-order valence-electron chi connectivity index (χ0n) is 11.0. The van der Waals surface area contributed by atoms with Crippen molar-refractivity contribution in [1.82, 2.24) is 18.7 Å². The first-order valence-corrected chi connectivity index (χ1v) is 7.41. The van der Waals surface area contributed by atoms with Gasteiger partial charge in [0.1, 0.15) is 10.3 Å². The van der Waals surface area contributed by atoms with Gasteiger partial charge in [-0.15, -0.1) is 0 Å². The number of rotatable bonds is 2. The summed E-state index contributed by atoms with van der Waals surface area (Å²) in [6, 6.07) is 4.68. The molecular formula is C12H7Cl2N5O2S. The third kappa shape index (κ3) is 2.80. The van der Waals surface area contributed by atoms with Crippen molar-refractivity contribution in [1.29, 1.82) is 0 Å². The van der Waals surface area contributed by atoms with Crippen LogP contribution >= 0.6 is 34.7 Å². The van der Waals surface area contributed by atoms with E-state index in [2.05, 4.69) is 19.9 Å². The minimum Gasteiger partial charge on any atom is -0.481 e. The Hall–Kier alpha value is -2.03. The number of carbonyl (C=O) groups is 1. The predicted molar refractivity (Wildman–Crippen MR) is 81.6 cm³/mol. The molecule has 0 saturated carbocycles. The molecule has 0 aliphatic heterocycles. The second-order valence-corrected chi connectivity index (χ2v) is 5.62. The van der Waals surface area contributed by atoms with E-state index < -0.39 is 5.91 Å². The molecule has 10 heteroatoms. The van der Waals surface area contributed by atoms with Crippen molar-refractivity contribution in [2.45, 2.75) is 0 Å². The average Bonchev–Trinajstić information content (AvgIpc) is 2.88. The van der Waals surface area contributed by atoms with E-state index in [1.807, 2.05) is 0 Å². The van der Waals surface area contributed by atoms with Gasteiger partial charge in [-0.2, -0.15) is 18.8 Å². The molecule has 0 spiro atoms. The molecule has 0 radical (unpaired) electrons. The Morgan fingerprint density at radius 2 is 2.23 bits per heavy atom. The molecule has 3 rings (SSSR count). The lowest BCUT2D eigenvalue weighted by Crippen LogP contribution is -2.06. The lowest BCUT2D eigenvalue weighted by atomic mass is 10.3. The summed E-state index contributed by atoms with van der Waals surface area (Å²) in [5, 5.41) is 0.319. The van der Waals surface area contributed by atoms with Gasteiger partial charge in [-0.1, -0.05) is 23.2 Å². The van der Waals surface area contributed by atoms with Crippen LogP contribution in [-0.2, 0) is 0 Å². The number of ether oxygens (including phenoxy) is 1. The van der Waals surface area contributed by atoms with Gasteiger partial charge < -0.3 is 4.74 Å². The van der Waals surface area contributed by atoms with E-state index in [4.69, 9.17) is 27.9 Å². The zero-order valence-corrected chi connectivity index (χ0v) is 13.4. The highest BCUT2D eigenvalue weighted by Gasteiger charge is 2.12. The fourth-order valence-electron chi connectivity index (χ4n) is 1.66. The molecule has 0 bridgehead atoms. The molecule has 0 atom stereocenters. The maximum absolute atomic E-state index is 12.1. The molecule has 3 heterocycles. The van der Waals surface area contributed by atoms with Crippen LogP contribution in [0, 0.1) is 0 Å². The van der Waals surface area contributed by atoms with Crippen molar-refractivity contribution in [2.24, 2.45) is 4.99 Å². The van der Waals surface area contributed by atoms with Crippen molar-refractivity contribution in [2.75, 3.05) is 7.11 Å². The normalized spacial score (nSPS) is 11.9. The molecule has 7 nitrogen and oxygen atoms in total. The van der Waals surface area contributed by atoms with E-state index in [1.54, 1.807) is 9.86 Å². The van der Waals surface area contributed by atoms with E-state index >= 15 is 0 Å². The standard InChI is InChI=1S/C12H7Cl2N5O2S/c1-21-8-5-7(13)16-11-18-12(22-19(8)11)17-10(20)6-3-2-4-15-9(6)14/h2-5H,1H3. The van der Waals surface area contributed by atoms with Gasteiger partial charge in [-0.25, -0.2) is 4.98 Å². The fourth-order valence-corrected chi connectivity index (χ4v) is 2.82. The van der Waals surface area contributed by atoms with E-state index in [-0.39, 0.29) is 26.4 Å². The highest BCUT2D eigenvalue weighted by atomic mass is 35.5. The number of halogens is 2. The SMILES string of the molecule is COc1cc(Cl)nc2nc(=NC(=O)c3cccnc3Cl)sn12. The van der Waals surface area contributed by atoms with E-state index in [0.29, 0.717) is 5.88 Å². The number of nitrogens with zero attached hydrogens (tertiary/aromatic N) is 5. The molecule has 0 unspecified atom stereocenters. The second-order valence-electron chi connectivity index (χ2n) is 3.96. The molecule has 22 heavy (non-hydrogen) atoms. The lowest BCUT2D eigenvalue weighted by Gasteiger charge is -2.00. The van der Waals surface area contributed by atoms with Crippen LogP contribution < -0.4 is 9.54 Å². The summed E-state index contributed by atoms with van der Waals surface area (Å²) < 4.78 is 6.75. The molecule has 0 saturated heterocycles. The lowest BCUT2D eigenvalue weighted by molar-refractivity contribution is 0.0998. The number of pyridine rings is 1. The summed E-state index contributed by atoms with van der Waals surface area (Å²) in [4.78, 5) is 28.3. The summed E-state index contributed by atoms with van der Waals surface area (Å²) in [6.45, 7) is 0. The van der Waals surface area contributed by atoms with Crippen molar-refractivity contribution in [3.05, 3.63) is 45.1 Å². The average molecular weight is 356 g/mol. The van der Waals surface area contributed by atoms with Gasteiger partial charge in [0.15, 0.2) is 0 Å². The number of hydrogen-bond acceptors (Lipinski definition) is 6. The highest BCUT2D eigenvalue weighted by molar-refractivity contribution is 7.03. The van der Waals surface area contributed by atoms with Crippen molar-refractivity contribution >= 4 is 46.4 Å². The van der Waals surface area contributed by atoms with Gasteiger partial charge in [0, 0.05) is 12.3 Å². The summed E-state index contributed by atoms with van der Waals surface area (Å²) in [7, 11) is 1.50. The maximum Gasteiger partial charge on any atom is 0.282 e. The first-order valence-electron chi connectivity index (χ1n) is 5.88. The molecular weight excluding hydrogens is 349 g/mol. The van der Waals surface area contributed by atoms with E-state index in [1.165, 1.54) is 25.4 Å². The van der Waals surface area contributed by atoms with Crippen LogP contribution in [0.3, 0.4) is 0 Å². The molecule has 0 aliphatic carbocycles. The third-order valence-corrected chi connectivity index (χ3v) is 3.96. The summed E-state index contributed by atoms with van der Waals surface area (Å²) in [5.74, 6) is 0.196. The molecule has 1 amide bonds. The van der Waals surface area contributed by atoms with Gasteiger partial charge in [0.25, 0.3) is 11.7 Å². The Bertz CT molecular complexity index is 937. The van der Waals surface area contributed by atoms with Gasteiger partial charge in [-0.05, 0) is 23.7 Å². The first-order chi connectivity index (χ1) is 10.6. The van der Waals surface area contributed by atoms with Crippen molar-refractivity contribution in [3.63, 3.8) is 0 Å². The Morgan fingerprint density at radius 1 is 1.41 bits per heavy atom. The van der Waals surface area contributed by atoms with Crippen LogP contribution in [0.5, 0.6) is 5.88 Å². The first kappa shape index (κ1) is 14.9. The Morgan fingerprint density at radius 3 is 2.95 bits per heavy atom. The van der Waals surface area contributed by atoms with Gasteiger partial charge in [-0.3, -0.25) is 4.79 Å². The van der Waals surface area contributed by atoms with Crippen LogP contribution in [0.4, 0.5) is 0 Å². The Balaban J connectivity index is 2.10.